The van der Waals surface area contributed by atoms with E-state index in [-0.39, 0.29) is 12.3 Å². The molecule has 2 N–H and O–H groups in total. The third-order valence-corrected chi connectivity index (χ3v) is 4.22. The van der Waals surface area contributed by atoms with Crippen molar-refractivity contribution in [3.8, 4) is 5.75 Å². The predicted octanol–water partition coefficient (Wildman–Crippen LogP) is 2.98. The van der Waals surface area contributed by atoms with Gasteiger partial charge < -0.3 is 20.1 Å². The highest BCUT2D eigenvalue weighted by molar-refractivity contribution is 6.04. The third kappa shape index (κ3) is 7.93. The van der Waals surface area contributed by atoms with Crippen molar-refractivity contribution < 1.29 is 28.7 Å². The number of esters is 1. The summed E-state index contributed by atoms with van der Waals surface area (Å²) in [5.74, 6) is -1.33. The van der Waals surface area contributed by atoms with Crippen LogP contribution in [0, 0.1) is 0 Å². The number of hydrogen-bond acceptors (Lipinski definition) is 6. The van der Waals surface area contributed by atoms with Crippen LogP contribution in [-0.4, -0.2) is 43.3 Å². The Labute approximate surface area is 180 Å². The van der Waals surface area contributed by atoms with Crippen LogP contribution in [0.15, 0.2) is 48.5 Å². The zero-order valence-electron chi connectivity index (χ0n) is 17.6. The Bertz CT molecular complexity index is 924. The molecular weight excluding hydrogens is 400 g/mol. The molecule has 2 aromatic carbocycles. The smallest absolute Gasteiger partial charge is 0.325 e. The fraction of sp³-hybridized carbons (Fsp3) is 0.304. The van der Waals surface area contributed by atoms with E-state index in [0.717, 1.165) is 12.8 Å². The lowest BCUT2D eigenvalue weighted by atomic mass is 10.1. The number of ether oxygens (including phenoxy) is 2. The first kappa shape index (κ1) is 23.6. The van der Waals surface area contributed by atoms with Gasteiger partial charge in [0.25, 0.3) is 11.8 Å². The quantitative estimate of drug-likeness (QED) is 0.325. The van der Waals surface area contributed by atoms with Crippen molar-refractivity contribution in [3.05, 3.63) is 59.7 Å². The first-order valence-corrected chi connectivity index (χ1v) is 9.97. The molecule has 0 aliphatic rings. The van der Waals surface area contributed by atoms with Crippen LogP contribution >= 0.6 is 0 Å². The van der Waals surface area contributed by atoms with E-state index in [1.807, 2.05) is 0 Å². The van der Waals surface area contributed by atoms with Gasteiger partial charge in [0.1, 0.15) is 12.3 Å². The van der Waals surface area contributed by atoms with Crippen molar-refractivity contribution in [1.29, 1.82) is 0 Å². The van der Waals surface area contributed by atoms with Gasteiger partial charge in [-0.25, -0.2) is 0 Å². The van der Waals surface area contributed by atoms with E-state index in [9.17, 15) is 19.2 Å². The Hall–Kier alpha value is -3.68. The summed E-state index contributed by atoms with van der Waals surface area (Å²) in [6.07, 6.45) is 1.98. The fourth-order valence-corrected chi connectivity index (χ4v) is 2.57. The van der Waals surface area contributed by atoms with Crippen LogP contribution < -0.4 is 15.4 Å². The van der Waals surface area contributed by atoms with Crippen molar-refractivity contribution in [3.63, 3.8) is 0 Å². The Balaban J connectivity index is 1.74. The Kier molecular flexibility index (Phi) is 9.22. The molecule has 0 aromatic heterocycles. The van der Waals surface area contributed by atoms with Crippen LogP contribution in [0.1, 0.15) is 47.4 Å². The van der Waals surface area contributed by atoms with Gasteiger partial charge in [0.15, 0.2) is 12.4 Å². The number of unbranched alkanes of at least 4 members (excludes halogenated alkanes) is 1. The summed E-state index contributed by atoms with van der Waals surface area (Å²) in [4.78, 5) is 47.5. The van der Waals surface area contributed by atoms with Gasteiger partial charge in [0.05, 0.1) is 12.3 Å². The highest BCUT2D eigenvalue weighted by Gasteiger charge is 2.13. The minimum atomic E-state index is -0.761. The summed E-state index contributed by atoms with van der Waals surface area (Å²) >= 11 is 0. The lowest BCUT2D eigenvalue weighted by Crippen LogP contribution is -2.32. The number of para-hydroxylation sites is 1. The molecule has 164 valence electrons. The molecule has 0 atom stereocenters. The van der Waals surface area contributed by atoms with Crippen molar-refractivity contribution in [2.75, 3.05) is 25.1 Å². The highest BCUT2D eigenvalue weighted by atomic mass is 16.5. The lowest BCUT2D eigenvalue weighted by Gasteiger charge is -2.10. The Morgan fingerprint density at radius 3 is 2.35 bits per heavy atom. The minimum absolute atomic E-state index is 0.198. The summed E-state index contributed by atoms with van der Waals surface area (Å²) < 4.78 is 10.4. The summed E-state index contributed by atoms with van der Waals surface area (Å²) in [6.45, 7) is 3.15. The van der Waals surface area contributed by atoms with Crippen LogP contribution in [0.5, 0.6) is 5.75 Å². The van der Waals surface area contributed by atoms with Gasteiger partial charge in [-0.15, -0.1) is 0 Å². The molecule has 0 bridgehead atoms. The molecule has 0 fully saturated rings. The van der Waals surface area contributed by atoms with Gasteiger partial charge in [0, 0.05) is 11.1 Å². The number of ketones is 1. The van der Waals surface area contributed by atoms with E-state index in [1.54, 1.807) is 48.5 Å². The van der Waals surface area contributed by atoms with Gasteiger partial charge in [0.2, 0.25) is 0 Å². The maximum Gasteiger partial charge on any atom is 0.325 e. The fourth-order valence-electron chi connectivity index (χ4n) is 2.57. The molecule has 0 saturated carbocycles. The van der Waals surface area contributed by atoms with E-state index in [1.165, 1.54) is 6.92 Å². The van der Waals surface area contributed by atoms with E-state index in [0.29, 0.717) is 29.2 Å². The molecular formula is C23H26N2O6. The molecule has 0 spiro atoms. The van der Waals surface area contributed by atoms with Gasteiger partial charge in [-0.2, -0.15) is 0 Å². The first-order chi connectivity index (χ1) is 14.9. The molecule has 0 radical (unpaired) electrons. The maximum absolute atomic E-state index is 12.1. The third-order valence-electron chi connectivity index (χ3n) is 4.22. The van der Waals surface area contributed by atoms with E-state index >= 15 is 0 Å². The number of rotatable bonds is 11. The predicted molar refractivity (Wildman–Crippen MR) is 115 cm³/mol. The average molecular weight is 426 g/mol. The summed E-state index contributed by atoms with van der Waals surface area (Å²) in [5.41, 5.74) is 1.07. The monoisotopic (exact) mass is 426 g/mol. The molecule has 8 nitrogen and oxygen atoms in total. The molecule has 0 unspecified atom stereocenters. The van der Waals surface area contributed by atoms with Crippen LogP contribution in [0.25, 0.3) is 0 Å². The molecule has 0 aliphatic carbocycles. The van der Waals surface area contributed by atoms with E-state index in [4.69, 9.17) is 9.47 Å². The average Bonchev–Trinajstić information content (AvgIpc) is 2.77. The molecule has 2 amide bonds. The zero-order valence-corrected chi connectivity index (χ0v) is 17.6. The standard InChI is InChI=1S/C23H26N2O6/c1-3-4-13-30-18-11-9-17(10-12-18)23(29)24-14-22(28)31-15-21(27)25-20-8-6-5-7-19(20)16(2)26/h5-12H,3-4,13-15H2,1-2H3,(H,24,29)(H,25,27). The van der Waals surface area contributed by atoms with E-state index in [2.05, 4.69) is 17.6 Å². The zero-order chi connectivity index (χ0) is 22.6. The number of anilines is 1. The largest absolute Gasteiger partial charge is 0.494 e. The van der Waals surface area contributed by atoms with Crippen LogP contribution in [0.4, 0.5) is 5.69 Å². The minimum Gasteiger partial charge on any atom is -0.494 e. The topological polar surface area (TPSA) is 111 Å². The second kappa shape index (κ2) is 12.1. The van der Waals surface area contributed by atoms with Gasteiger partial charge in [-0.1, -0.05) is 25.5 Å². The lowest BCUT2D eigenvalue weighted by molar-refractivity contribution is -0.146. The van der Waals surface area contributed by atoms with Crippen LogP contribution in [0.2, 0.25) is 0 Å². The second-order valence-electron chi connectivity index (χ2n) is 6.72. The van der Waals surface area contributed by atoms with Crippen molar-refractivity contribution in [2.24, 2.45) is 0 Å². The summed E-state index contributed by atoms with van der Waals surface area (Å²) in [7, 11) is 0. The number of carbonyl (C=O) groups excluding carboxylic acids is 4. The van der Waals surface area contributed by atoms with Crippen LogP contribution in [0.3, 0.4) is 0 Å². The molecule has 0 heterocycles. The maximum atomic E-state index is 12.1. The number of Topliss-reactive ketones (excluding diaryl/α,β-unsaturated/α-hetero) is 1. The van der Waals surface area contributed by atoms with Gasteiger partial charge in [-0.05, 0) is 49.7 Å². The van der Waals surface area contributed by atoms with E-state index < -0.39 is 24.4 Å². The number of benzene rings is 2. The Morgan fingerprint density at radius 2 is 1.68 bits per heavy atom. The van der Waals surface area contributed by atoms with Crippen molar-refractivity contribution >= 4 is 29.3 Å². The molecule has 2 rings (SSSR count). The van der Waals surface area contributed by atoms with Gasteiger partial charge in [-0.3, -0.25) is 19.2 Å². The molecule has 2 aromatic rings. The molecule has 8 heteroatoms. The number of hydrogen-bond donors (Lipinski definition) is 2. The summed E-state index contributed by atoms with van der Waals surface area (Å²) in [5, 5.41) is 4.96. The molecule has 31 heavy (non-hydrogen) atoms. The number of carbonyl (C=O) groups is 4. The highest BCUT2D eigenvalue weighted by Crippen LogP contribution is 2.15. The number of amides is 2. The second-order valence-corrected chi connectivity index (χ2v) is 6.72. The van der Waals surface area contributed by atoms with Crippen molar-refractivity contribution in [1.82, 2.24) is 5.32 Å². The van der Waals surface area contributed by atoms with Gasteiger partial charge >= 0.3 is 5.97 Å². The van der Waals surface area contributed by atoms with Crippen LogP contribution in [-0.2, 0) is 14.3 Å². The number of nitrogens with one attached hydrogen (secondary N) is 2. The van der Waals surface area contributed by atoms with Crippen molar-refractivity contribution in [2.45, 2.75) is 26.7 Å². The molecule has 0 saturated heterocycles. The summed E-state index contributed by atoms with van der Waals surface area (Å²) in [6, 6.07) is 13.1. The normalized spacial score (nSPS) is 10.1. The Morgan fingerprint density at radius 1 is 0.968 bits per heavy atom. The SMILES string of the molecule is CCCCOc1ccc(C(=O)NCC(=O)OCC(=O)Nc2ccccc2C(C)=O)cc1. The molecule has 0 aliphatic heterocycles. The first-order valence-electron chi connectivity index (χ1n) is 9.97.